The van der Waals surface area contributed by atoms with Crippen molar-refractivity contribution in [1.82, 2.24) is 5.32 Å². The van der Waals surface area contributed by atoms with Gasteiger partial charge < -0.3 is 5.32 Å². The number of thiophene rings is 1. The van der Waals surface area contributed by atoms with Gasteiger partial charge in [0.15, 0.2) is 0 Å². The first kappa shape index (κ1) is 16.9. The second-order valence-corrected chi connectivity index (χ2v) is 9.11. The van der Waals surface area contributed by atoms with Gasteiger partial charge in [-0.2, -0.15) is 0 Å². The van der Waals surface area contributed by atoms with Crippen LogP contribution in [0.2, 0.25) is 0 Å². The van der Waals surface area contributed by atoms with Crippen molar-refractivity contribution in [2.75, 3.05) is 0 Å². The summed E-state index contributed by atoms with van der Waals surface area (Å²) in [5.74, 6) is -0.216. The molecule has 0 saturated heterocycles. The molecule has 2 rings (SSSR count). The molecule has 3 N–H and O–H groups in total. The lowest BCUT2D eigenvalue weighted by molar-refractivity contribution is 0.0950. The van der Waals surface area contributed by atoms with Crippen LogP contribution in [0.1, 0.15) is 15.2 Å². The zero-order valence-corrected chi connectivity index (χ0v) is 15.8. The van der Waals surface area contributed by atoms with Crippen molar-refractivity contribution in [3.8, 4) is 0 Å². The standard InChI is InChI=1S/C12H10BrIN2O3S2/c13-7-1-3-10(14)9(5-7)12(17)16-6-8-2-4-11(20-8)21(15,18)19/h1-5H,6H2,(H,16,17)(H2,15,18,19). The van der Waals surface area contributed by atoms with Crippen LogP contribution in [0.5, 0.6) is 0 Å². The largest absolute Gasteiger partial charge is 0.347 e. The minimum atomic E-state index is -3.69. The molecule has 9 heteroatoms. The topological polar surface area (TPSA) is 89.3 Å². The fourth-order valence-electron chi connectivity index (χ4n) is 1.54. The third kappa shape index (κ3) is 4.49. The number of nitrogens with two attached hydrogens (primary N) is 1. The highest BCUT2D eigenvalue weighted by molar-refractivity contribution is 14.1. The first-order chi connectivity index (χ1) is 9.77. The highest BCUT2D eigenvalue weighted by atomic mass is 127. The van der Waals surface area contributed by atoms with Crippen LogP contribution in [0, 0.1) is 3.57 Å². The van der Waals surface area contributed by atoms with Crippen molar-refractivity contribution < 1.29 is 13.2 Å². The molecule has 0 fully saturated rings. The summed E-state index contributed by atoms with van der Waals surface area (Å²) >= 11 is 6.46. The van der Waals surface area contributed by atoms with Crippen molar-refractivity contribution in [1.29, 1.82) is 0 Å². The molecule has 0 bridgehead atoms. The Balaban J connectivity index is 2.08. The maximum Gasteiger partial charge on any atom is 0.252 e. The van der Waals surface area contributed by atoms with E-state index in [9.17, 15) is 13.2 Å². The molecule has 2 aromatic rings. The highest BCUT2D eigenvalue weighted by Gasteiger charge is 2.13. The van der Waals surface area contributed by atoms with Gasteiger partial charge in [-0.05, 0) is 52.9 Å². The van der Waals surface area contributed by atoms with E-state index >= 15 is 0 Å². The molecule has 0 aliphatic rings. The monoisotopic (exact) mass is 500 g/mol. The van der Waals surface area contributed by atoms with Gasteiger partial charge in [0, 0.05) is 12.9 Å². The number of sulfonamides is 1. The van der Waals surface area contributed by atoms with Crippen LogP contribution in [0.25, 0.3) is 0 Å². The van der Waals surface area contributed by atoms with Crippen molar-refractivity contribution >= 4 is 65.8 Å². The summed E-state index contributed by atoms with van der Waals surface area (Å²) in [5, 5.41) is 7.80. The third-order valence-electron chi connectivity index (χ3n) is 2.51. The van der Waals surface area contributed by atoms with Gasteiger partial charge in [-0.1, -0.05) is 15.9 Å². The smallest absolute Gasteiger partial charge is 0.252 e. The molecule has 5 nitrogen and oxygen atoms in total. The Morgan fingerprint density at radius 2 is 2.05 bits per heavy atom. The van der Waals surface area contributed by atoms with Crippen LogP contribution in [-0.2, 0) is 16.6 Å². The zero-order chi connectivity index (χ0) is 15.6. The van der Waals surface area contributed by atoms with E-state index < -0.39 is 10.0 Å². The Hall–Kier alpha value is -0.490. The van der Waals surface area contributed by atoms with Gasteiger partial charge >= 0.3 is 0 Å². The number of amides is 1. The fourth-order valence-corrected chi connectivity index (χ4v) is 4.20. The molecule has 1 heterocycles. The van der Waals surface area contributed by atoms with Gasteiger partial charge in [0.1, 0.15) is 4.21 Å². The second kappa shape index (κ2) is 6.73. The van der Waals surface area contributed by atoms with Crippen LogP contribution >= 0.6 is 49.9 Å². The van der Waals surface area contributed by atoms with E-state index in [1.54, 1.807) is 12.1 Å². The van der Waals surface area contributed by atoms with Gasteiger partial charge in [0.05, 0.1) is 12.1 Å². The molecule has 0 aliphatic heterocycles. The average Bonchev–Trinajstić information content (AvgIpc) is 2.87. The molecule has 112 valence electrons. The summed E-state index contributed by atoms with van der Waals surface area (Å²) in [6.07, 6.45) is 0. The summed E-state index contributed by atoms with van der Waals surface area (Å²) in [7, 11) is -3.69. The normalized spacial score (nSPS) is 11.4. The molecule has 0 saturated carbocycles. The molecule has 0 atom stereocenters. The van der Waals surface area contributed by atoms with Crippen LogP contribution in [0.4, 0.5) is 0 Å². The fraction of sp³-hybridized carbons (Fsp3) is 0.0833. The second-order valence-electron chi connectivity index (χ2n) is 4.07. The van der Waals surface area contributed by atoms with Crippen LogP contribution in [-0.4, -0.2) is 14.3 Å². The van der Waals surface area contributed by atoms with Gasteiger partial charge in [-0.15, -0.1) is 11.3 Å². The number of nitrogens with one attached hydrogen (secondary N) is 1. The van der Waals surface area contributed by atoms with Crippen LogP contribution in [0.15, 0.2) is 39.0 Å². The molecular weight excluding hydrogens is 491 g/mol. The zero-order valence-electron chi connectivity index (χ0n) is 10.5. The molecule has 1 aromatic carbocycles. The van der Waals surface area contributed by atoms with Crippen molar-refractivity contribution in [2.24, 2.45) is 5.14 Å². The van der Waals surface area contributed by atoms with Crippen LogP contribution in [0.3, 0.4) is 0 Å². The van der Waals surface area contributed by atoms with E-state index in [1.807, 2.05) is 12.1 Å². The summed E-state index contributed by atoms with van der Waals surface area (Å²) in [6, 6.07) is 8.50. The number of primary sulfonamides is 1. The first-order valence-corrected chi connectivity index (χ1v) is 9.85. The minimum Gasteiger partial charge on any atom is -0.347 e. The number of hydrogen-bond donors (Lipinski definition) is 2. The molecule has 0 spiro atoms. The average molecular weight is 501 g/mol. The number of benzene rings is 1. The van der Waals surface area contributed by atoms with Crippen molar-refractivity contribution in [2.45, 2.75) is 10.8 Å². The van der Waals surface area contributed by atoms with Crippen molar-refractivity contribution in [3.63, 3.8) is 0 Å². The maximum atomic E-state index is 12.1. The summed E-state index contributed by atoms with van der Waals surface area (Å²) in [5.41, 5.74) is 0.563. The molecule has 1 amide bonds. The Bertz CT molecular complexity index is 790. The van der Waals surface area contributed by atoms with E-state index in [0.29, 0.717) is 5.56 Å². The molecular formula is C12H10BrIN2O3S2. The summed E-state index contributed by atoms with van der Waals surface area (Å²) in [4.78, 5) is 12.8. The predicted molar refractivity (Wildman–Crippen MR) is 93.7 cm³/mol. The Morgan fingerprint density at radius 3 is 2.67 bits per heavy atom. The van der Waals surface area contributed by atoms with E-state index in [-0.39, 0.29) is 16.7 Å². The summed E-state index contributed by atoms with van der Waals surface area (Å²) < 4.78 is 24.1. The third-order valence-corrected chi connectivity index (χ3v) is 6.47. The molecule has 0 unspecified atom stereocenters. The quantitative estimate of drug-likeness (QED) is 0.632. The Labute approximate surface area is 148 Å². The SMILES string of the molecule is NS(=O)(=O)c1ccc(CNC(=O)c2cc(Br)ccc2I)s1. The molecule has 0 aliphatic carbocycles. The van der Waals surface area contributed by atoms with E-state index in [2.05, 4.69) is 43.8 Å². The lowest BCUT2D eigenvalue weighted by Gasteiger charge is -2.06. The Morgan fingerprint density at radius 1 is 1.33 bits per heavy atom. The van der Waals surface area contributed by atoms with Gasteiger partial charge in [-0.3, -0.25) is 4.79 Å². The minimum absolute atomic E-state index is 0.0868. The number of halogens is 2. The van der Waals surface area contributed by atoms with E-state index in [4.69, 9.17) is 5.14 Å². The highest BCUT2D eigenvalue weighted by Crippen LogP contribution is 2.21. The van der Waals surface area contributed by atoms with E-state index in [0.717, 1.165) is 24.3 Å². The number of rotatable bonds is 4. The molecule has 1 aromatic heterocycles. The van der Waals surface area contributed by atoms with Crippen molar-refractivity contribution in [3.05, 3.63) is 48.8 Å². The number of hydrogen-bond acceptors (Lipinski definition) is 4. The number of carbonyl (C=O) groups excluding carboxylic acids is 1. The molecule has 21 heavy (non-hydrogen) atoms. The first-order valence-electron chi connectivity index (χ1n) is 5.62. The molecule has 0 radical (unpaired) electrons. The number of carbonyl (C=O) groups is 1. The maximum absolute atomic E-state index is 12.1. The van der Waals surface area contributed by atoms with Gasteiger partial charge in [0.2, 0.25) is 10.0 Å². The lowest BCUT2D eigenvalue weighted by Crippen LogP contribution is -2.23. The predicted octanol–water partition coefficient (Wildman–Crippen LogP) is 2.69. The van der Waals surface area contributed by atoms with Gasteiger partial charge in [-0.25, -0.2) is 13.6 Å². The van der Waals surface area contributed by atoms with E-state index in [1.165, 1.54) is 6.07 Å². The van der Waals surface area contributed by atoms with Crippen LogP contribution < -0.4 is 10.5 Å². The summed E-state index contributed by atoms with van der Waals surface area (Å²) in [6.45, 7) is 0.252. The Kier molecular flexibility index (Phi) is 5.41. The lowest BCUT2D eigenvalue weighted by atomic mass is 10.2. The van der Waals surface area contributed by atoms with Gasteiger partial charge in [0.25, 0.3) is 5.91 Å².